The van der Waals surface area contributed by atoms with E-state index in [4.69, 9.17) is 9.84 Å². The molecule has 1 aliphatic carbocycles. The van der Waals surface area contributed by atoms with E-state index in [9.17, 15) is 9.59 Å². The predicted molar refractivity (Wildman–Crippen MR) is 59.4 cm³/mol. The van der Waals surface area contributed by atoms with Gasteiger partial charge >= 0.3 is 6.09 Å². The summed E-state index contributed by atoms with van der Waals surface area (Å²) in [7, 11) is 1.53. The van der Waals surface area contributed by atoms with Gasteiger partial charge in [-0.1, -0.05) is 6.07 Å². The van der Waals surface area contributed by atoms with Crippen LogP contribution in [-0.4, -0.2) is 24.2 Å². The fraction of sp³-hybridized carbons (Fsp3) is 0.333. The summed E-state index contributed by atoms with van der Waals surface area (Å²) in [6, 6.07) is 5.11. The summed E-state index contributed by atoms with van der Waals surface area (Å²) in [5.41, 5.74) is 0.537. The molecule has 5 nitrogen and oxygen atoms in total. The van der Waals surface area contributed by atoms with Gasteiger partial charge in [-0.2, -0.15) is 0 Å². The highest BCUT2D eigenvalue weighted by Gasteiger charge is 2.62. The van der Waals surface area contributed by atoms with Crippen LogP contribution in [0.5, 0.6) is 5.75 Å². The Kier molecular flexibility index (Phi) is 1.79. The van der Waals surface area contributed by atoms with Crippen molar-refractivity contribution in [3.05, 3.63) is 23.8 Å². The van der Waals surface area contributed by atoms with Gasteiger partial charge < -0.3 is 9.84 Å². The Bertz CT molecular complexity index is 533. The number of ether oxygens (including phenoxy) is 1. The number of anilines is 1. The van der Waals surface area contributed by atoms with Crippen molar-refractivity contribution in [3.8, 4) is 5.75 Å². The predicted octanol–water partition coefficient (Wildman–Crippen LogP) is 1.75. The molecule has 0 radical (unpaired) electrons. The van der Waals surface area contributed by atoms with E-state index in [1.807, 2.05) is 0 Å². The first-order valence-corrected chi connectivity index (χ1v) is 5.37. The third-order valence-electron chi connectivity index (χ3n) is 3.50. The van der Waals surface area contributed by atoms with E-state index in [0.717, 1.165) is 10.5 Å². The lowest BCUT2D eigenvalue weighted by atomic mass is 9.97. The minimum Gasteiger partial charge on any atom is -0.496 e. The molecule has 1 fully saturated rings. The lowest BCUT2D eigenvalue weighted by molar-refractivity contribution is -0.119. The largest absolute Gasteiger partial charge is 0.496 e. The van der Waals surface area contributed by atoms with Crippen LogP contribution in [0.1, 0.15) is 18.4 Å². The smallest absolute Gasteiger partial charge is 0.418 e. The lowest BCUT2D eigenvalue weighted by Crippen LogP contribution is -2.36. The number of hydrogen-bond acceptors (Lipinski definition) is 3. The molecular formula is C12H11NO4. The number of nitrogens with zero attached hydrogens (tertiary/aromatic N) is 1. The minimum absolute atomic E-state index is 0.343. The SMILES string of the molecule is COc1cccc2c1C1(CC1)C(=O)N2C(=O)O. The molecule has 1 spiro atoms. The molecule has 1 aromatic carbocycles. The maximum atomic E-state index is 12.1. The van der Waals surface area contributed by atoms with Gasteiger partial charge in [-0.15, -0.1) is 0 Å². The van der Waals surface area contributed by atoms with Crippen molar-refractivity contribution in [1.82, 2.24) is 0 Å². The van der Waals surface area contributed by atoms with Crippen LogP contribution in [0.4, 0.5) is 10.5 Å². The van der Waals surface area contributed by atoms with Crippen LogP contribution < -0.4 is 9.64 Å². The van der Waals surface area contributed by atoms with Crippen molar-refractivity contribution in [2.75, 3.05) is 12.0 Å². The third-order valence-corrected chi connectivity index (χ3v) is 3.50. The van der Waals surface area contributed by atoms with Crippen LogP contribution in [0.25, 0.3) is 0 Å². The summed E-state index contributed by atoms with van der Waals surface area (Å²) < 4.78 is 5.24. The highest BCUT2D eigenvalue weighted by atomic mass is 16.5. The second-order valence-electron chi connectivity index (χ2n) is 4.36. The van der Waals surface area contributed by atoms with E-state index in [0.29, 0.717) is 24.3 Å². The standard InChI is InChI=1S/C12H11NO4/c1-17-8-4-2-3-7-9(8)12(5-6-12)10(14)13(7)11(15)16/h2-4H,5-6H2,1H3,(H,15,16). The average molecular weight is 233 g/mol. The van der Waals surface area contributed by atoms with E-state index in [2.05, 4.69) is 0 Å². The molecule has 2 amide bonds. The molecule has 0 atom stereocenters. The molecule has 0 unspecified atom stereocenters. The van der Waals surface area contributed by atoms with Crippen LogP contribution in [0, 0.1) is 0 Å². The number of carboxylic acid groups (broad SMARTS) is 1. The monoisotopic (exact) mass is 233 g/mol. The molecule has 0 aromatic heterocycles. The number of rotatable bonds is 1. The first kappa shape index (κ1) is 10.1. The molecule has 2 aliphatic rings. The normalized spacial score (nSPS) is 19.4. The molecule has 1 aliphatic heterocycles. The first-order valence-electron chi connectivity index (χ1n) is 5.37. The Hall–Kier alpha value is -2.04. The second-order valence-corrected chi connectivity index (χ2v) is 4.36. The zero-order valence-corrected chi connectivity index (χ0v) is 9.27. The Morgan fingerprint density at radius 1 is 1.47 bits per heavy atom. The Morgan fingerprint density at radius 3 is 2.71 bits per heavy atom. The van der Waals surface area contributed by atoms with Gasteiger partial charge in [0.05, 0.1) is 18.2 Å². The number of fused-ring (bicyclic) bond motifs is 2. The second kappa shape index (κ2) is 3.00. The summed E-state index contributed by atoms with van der Waals surface area (Å²) in [4.78, 5) is 24.1. The van der Waals surface area contributed by atoms with Gasteiger partial charge in [-0.3, -0.25) is 4.79 Å². The number of amides is 2. The highest BCUT2D eigenvalue weighted by molar-refractivity contribution is 6.22. The minimum atomic E-state index is -1.23. The first-order chi connectivity index (χ1) is 8.12. The van der Waals surface area contributed by atoms with Crippen molar-refractivity contribution in [2.24, 2.45) is 0 Å². The summed E-state index contributed by atoms with van der Waals surface area (Å²) in [6.07, 6.45) is 0.166. The number of benzene rings is 1. The van der Waals surface area contributed by atoms with Crippen LogP contribution in [0.15, 0.2) is 18.2 Å². The molecule has 5 heteroatoms. The zero-order chi connectivity index (χ0) is 12.2. The van der Waals surface area contributed by atoms with Gasteiger partial charge in [0.15, 0.2) is 0 Å². The molecule has 1 heterocycles. The summed E-state index contributed by atoms with van der Waals surface area (Å²) in [5, 5.41) is 9.12. The van der Waals surface area contributed by atoms with E-state index >= 15 is 0 Å². The van der Waals surface area contributed by atoms with Gasteiger partial charge in [-0.05, 0) is 25.0 Å². The highest BCUT2D eigenvalue weighted by Crippen LogP contribution is 2.60. The number of imide groups is 1. The number of hydrogen-bond donors (Lipinski definition) is 1. The third kappa shape index (κ3) is 1.08. The molecule has 1 N–H and O–H groups in total. The molecule has 0 saturated heterocycles. The summed E-state index contributed by atoms with van der Waals surface area (Å²) >= 11 is 0. The fourth-order valence-corrected chi connectivity index (χ4v) is 2.57. The van der Waals surface area contributed by atoms with Crippen molar-refractivity contribution in [1.29, 1.82) is 0 Å². The van der Waals surface area contributed by atoms with E-state index in [1.54, 1.807) is 18.2 Å². The quantitative estimate of drug-likeness (QED) is 0.802. The van der Waals surface area contributed by atoms with Gasteiger partial charge in [0.1, 0.15) is 5.75 Å². The summed E-state index contributed by atoms with van der Waals surface area (Å²) in [6.45, 7) is 0. The van der Waals surface area contributed by atoms with Crippen LogP contribution in [-0.2, 0) is 10.2 Å². The number of carbonyl (C=O) groups is 2. The molecule has 17 heavy (non-hydrogen) atoms. The Balaban J connectivity index is 2.26. The number of carbonyl (C=O) groups excluding carboxylic acids is 1. The van der Waals surface area contributed by atoms with E-state index < -0.39 is 11.5 Å². The molecule has 3 rings (SSSR count). The molecule has 1 aromatic rings. The molecular weight excluding hydrogens is 222 g/mol. The average Bonchev–Trinajstić information content (AvgIpc) is 3.04. The number of methoxy groups -OCH3 is 1. The van der Waals surface area contributed by atoms with Crippen molar-refractivity contribution < 1.29 is 19.4 Å². The van der Waals surface area contributed by atoms with Crippen molar-refractivity contribution in [2.45, 2.75) is 18.3 Å². The Morgan fingerprint density at radius 2 is 2.18 bits per heavy atom. The Labute approximate surface area is 97.6 Å². The fourth-order valence-electron chi connectivity index (χ4n) is 2.57. The van der Waals surface area contributed by atoms with Crippen molar-refractivity contribution >= 4 is 17.7 Å². The molecule has 1 saturated carbocycles. The van der Waals surface area contributed by atoms with E-state index in [1.165, 1.54) is 7.11 Å². The van der Waals surface area contributed by atoms with Gasteiger partial charge in [0.2, 0.25) is 5.91 Å². The summed E-state index contributed by atoms with van der Waals surface area (Å²) in [5.74, 6) is 0.251. The maximum Gasteiger partial charge on any atom is 0.418 e. The van der Waals surface area contributed by atoms with Gasteiger partial charge in [-0.25, -0.2) is 9.69 Å². The maximum absolute atomic E-state index is 12.1. The van der Waals surface area contributed by atoms with Crippen LogP contribution in [0.2, 0.25) is 0 Å². The molecule has 88 valence electrons. The van der Waals surface area contributed by atoms with Crippen LogP contribution >= 0.6 is 0 Å². The van der Waals surface area contributed by atoms with Gasteiger partial charge in [0.25, 0.3) is 0 Å². The van der Waals surface area contributed by atoms with Crippen LogP contribution in [0.3, 0.4) is 0 Å². The zero-order valence-electron chi connectivity index (χ0n) is 9.27. The topological polar surface area (TPSA) is 66.8 Å². The molecule has 0 bridgehead atoms. The van der Waals surface area contributed by atoms with Crippen molar-refractivity contribution in [3.63, 3.8) is 0 Å². The lowest BCUT2D eigenvalue weighted by Gasteiger charge is -2.11. The van der Waals surface area contributed by atoms with Gasteiger partial charge in [0, 0.05) is 5.56 Å². The van der Waals surface area contributed by atoms with E-state index in [-0.39, 0.29) is 5.91 Å².